The van der Waals surface area contributed by atoms with Crippen molar-refractivity contribution in [2.24, 2.45) is 5.73 Å². The number of aryl methyl sites for hydroxylation is 1. The molecule has 17 heavy (non-hydrogen) atoms. The summed E-state index contributed by atoms with van der Waals surface area (Å²) in [5.41, 5.74) is 7.97. The number of thiophene rings is 1. The van der Waals surface area contributed by atoms with Crippen LogP contribution in [0.25, 0.3) is 0 Å². The van der Waals surface area contributed by atoms with Gasteiger partial charge in [-0.1, -0.05) is 15.9 Å². The SMILES string of the molecule is Cc1sc(Br)cc1C(N)c1cc(F)ccc1Br. The lowest BCUT2D eigenvalue weighted by Crippen LogP contribution is -2.13. The molecule has 2 rings (SSSR count). The highest BCUT2D eigenvalue weighted by Crippen LogP contribution is 2.34. The topological polar surface area (TPSA) is 26.0 Å². The van der Waals surface area contributed by atoms with Crippen LogP contribution in [0, 0.1) is 12.7 Å². The number of hydrogen-bond donors (Lipinski definition) is 1. The summed E-state index contributed by atoms with van der Waals surface area (Å²) in [7, 11) is 0. The van der Waals surface area contributed by atoms with Gasteiger partial charge in [0.2, 0.25) is 0 Å². The lowest BCUT2D eigenvalue weighted by Gasteiger charge is -2.14. The molecule has 2 aromatic rings. The van der Waals surface area contributed by atoms with Crippen molar-refractivity contribution in [3.63, 3.8) is 0 Å². The lowest BCUT2D eigenvalue weighted by atomic mass is 10.0. The first-order valence-corrected chi connectivity index (χ1v) is 7.35. The van der Waals surface area contributed by atoms with Gasteiger partial charge in [0.05, 0.1) is 9.83 Å². The average molecular weight is 379 g/mol. The smallest absolute Gasteiger partial charge is 0.123 e. The maximum Gasteiger partial charge on any atom is 0.123 e. The first kappa shape index (κ1) is 13.2. The number of rotatable bonds is 2. The van der Waals surface area contributed by atoms with E-state index in [9.17, 15) is 4.39 Å². The van der Waals surface area contributed by atoms with Gasteiger partial charge in [-0.05, 0) is 58.2 Å². The number of halogens is 3. The standard InChI is InChI=1S/C12H10Br2FNS/c1-6-8(5-11(14)17-6)12(16)9-4-7(15)2-3-10(9)13/h2-5,12H,16H2,1H3. The monoisotopic (exact) mass is 377 g/mol. The van der Waals surface area contributed by atoms with Crippen molar-refractivity contribution in [3.8, 4) is 0 Å². The van der Waals surface area contributed by atoms with E-state index < -0.39 is 0 Å². The Kier molecular flexibility index (Phi) is 4.02. The molecule has 0 saturated heterocycles. The third-order valence-corrected chi connectivity index (χ3v) is 4.85. The molecule has 0 amide bonds. The Morgan fingerprint density at radius 1 is 1.24 bits per heavy atom. The zero-order valence-electron chi connectivity index (χ0n) is 9.01. The molecule has 0 spiro atoms. The highest BCUT2D eigenvalue weighted by atomic mass is 79.9. The third kappa shape index (κ3) is 2.78. The van der Waals surface area contributed by atoms with E-state index in [1.165, 1.54) is 12.1 Å². The molecule has 1 aromatic carbocycles. The number of hydrogen-bond acceptors (Lipinski definition) is 2. The molecule has 0 aliphatic carbocycles. The molecule has 90 valence electrons. The van der Waals surface area contributed by atoms with E-state index in [4.69, 9.17) is 5.73 Å². The third-order valence-electron chi connectivity index (χ3n) is 2.55. The van der Waals surface area contributed by atoms with Crippen LogP contribution in [0.2, 0.25) is 0 Å². The zero-order valence-corrected chi connectivity index (χ0v) is 13.0. The minimum atomic E-state index is -0.317. The average Bonchev–Trinajstić information content (AvgIpc) is 2.60. The van der Waals surface area contributed by atoms with Crippen molar-refractivity contribution < 1.29 is 4.39 Å². The Labute approximate surface area is 120 Å². The molecule has 1 aromatic heterocycles. The summed E-state index contributed by atoms with van der Waals surface area (Å²) in [5.74, 6) is -0.273. The Bertz CT molecular complexity index is 553. The van der Waals surface area contributed by atoms with Crippen LogP contribution >= 0.6 is 43.2 Å². The highest BCUT2D eigenvalue weighted by Gasteiger charge is 2.17. The minimum absolute atomic E-state index is 0.273. The molecule has 2 N–H and O–H groups in total. The van der Waals surface area contributed by atoms with Crippen LogP contribution < -0.4 is 5.73 Å². The summed E-state index contributed by atoms with van der Waals surface area (Å²) in [6.45, 7) is 2.01. The molecule has 5 heteroatoms. The molecule has 0 radical (unpaired) electrons. The number of nitrogens with two attached hydrogens (primary N) is 1. The molecule has 0 bridgehead atoms. The summed E-state index contributed by atoms with van der Waals surface area (Å²) < 4.78 is 15.1. The predicted octanol–water partition coefficient (Wildman–Crippen LogP) is 4.77. The van der Waals surface area contributed by atoms with Gasteiger partial charge in [0.25, 0.3) is 0 Å². The largest absolute Gasteiger partial charge is 0.320 e. The van der Waals surface area contributed by atoms with Crippen molar-refractivity contribution in [2.45, 2.75) is 13.0 Å². The van der Waals surface area contributed by atoms with Gasteiger partial charge in [0.15, 0.2) is 0 Å². The lowest BCUT2D eigenvalue weighted by molar-refractivity contribution is 0.623. The van der Waals surface area contributed by atoms with E-state index >= 15 is 0 Å². The van der Waals surface area contributed by atoms with Crippen LogP contribution in [0.15, 0.2) is 32.5 Å². The molecule has 0 saturated carbocycles. The van der Waals surface area contributed by atoms with Crippen molar-refractivity contribution >= 4 is 43.2 Å². The van der Waals surface area contributed by atoms with Crippen molar-refractivity contribution in [3.05, 3.63) is 54.3 Å². The van der Waals surface area contributed by atoms with Crippen molar-refractivity contribution in [1.29, 1.82) is 0 Å². The molecule has 1 atom stereocenters. The molecular weight excluding hydrogens is 369 g/mol. The van der Waals surface area contributed by atoms with Crippen LogP contribution in [-0.2, 0) is 0 Å². The van der Waals surface area contributed by atoms with Gasteiger partial charge < -0.3 is 5.73 Å². The molecule has 0 aliphatic heterocycles. The second-order valence-electron chi connectivity index (χ2n) is 3.71. The quantitative estimate of drug-likeness (QED) is 0.800. The molecule has 0 aliphatic rings. The van der Waals surface area contributed by atoms with E-state index in [1.54, 1.807) is 17.4 Å². The summed E-state index contributed by atoms with van der Waals surface area (Å²) in [6.07, 6.45) is 0. The van der Waals surface area contributed by atoms with Crippen molar-refractivity contribution in [1.82, 2.24) is 0 Å². The molecule has 1 heterocycles. The normalized spacial score (nSPS) is 12.8. The minimum Gasteiger partial charge on any atom is -0.320 e. The van der Waals surface area contributed by atoms with Crippen LogP contribution in [0.4, 0.5) is 4.39 Å². The summed E-state index contributed by atoms with van der Waals surface area (Å²) >= 11 is 8.47. The molecule has 1 unspecified atom stereocenters. The van der Waals surface area contributed by atoms with Gasteiger partial charge in [-0.15, -0.1) is 11.3 Å². The van der Waals surface area contributed by atoms with Gasteiger partial charge in [-0.2, -0.15) is 0 Å². The van der Waals surface area contributed by atoms with E-state index in [1.807, 2.05) is 13.0 Å². The van der Waals surface area contributed by atoms with E-state index in [0.717, 1.165) is 24.3 Å². The summed E-state index contributed by atoms with van der Waals surface area (Å²) in [6, 6.07) is 6.24. The molecule has 0 fully saturated rings. The predicted molar refractivity (Wildman–Crippen MR) is 76.9 cm³/mol. The van der Waals surface area contributed by atoms with Crippen LogP contribution in [0.5, 0.6) is 0 Å². The fourth-order valence-corrected chi connectivity index (χ4v) is 3.94. The Morgan fingerprint density at radius 3 is 2.53 bits per heavy atom. The van der Waals surface area contributed by atoms with Gasteiger partial charge in [0.1, 0.15) is 5.82 Å². The van der Waals surface area contributed by atoms with E-state index in [2.05, 4.69) is 31.9 Å². The fourth-order valence-electron chi connectivity index (χ4n) is 1.69. The van der Waals surface area contributed by atoms with Gasteiger partial charge in [-0.3, -0.25) is 0 Å². The second kappa shape index (κ2) is 5.18. The van der Waals surface area contributed by atoms with Crippen LogP contribution in [0.3, 0.4) is 0 Å². The highest BCUT2D eigenvalue weighted by molar-refractivity contribution is 9.11. The second-order valence-corrected chi connectivity index (χ2v) is 7.20. The van der Waals surface area contributed by atoms with Crippen LogP contribution in [-0.4, -0.2) is 0 Å². The maximum atomic E-state index is 13.2. The first-order chi connectivity index (χ1) is 7.99. The first-order valence-electron chi connectivity index (χ1n) is 4.95. The Balaban J connectivity index is 2.46. The van der Waals surface area contributed by atoms with Crippen LogP contribution in [0.1, 0.15) is 22.0 Å². The van der Waals surface area contributed by atoms with E-state index in [0.29, 0.717) is 0 Å². The van der Waals surface area contributed by atoms with Gasteiger partial charge >= 0.3 is 0 Å². The molecular formula is C12H10Br2FNS. The van der Waals surface area contributed by atoms with Gasteiger partial charge in [0, 0.05) is 9.35 Å². The Morgan fingerprint density at radius 2 is 1.94 bits per heavy atom. The maximum absolute atomic E-state index is 13.2. The zero-order chi connectivity index (χ0) is 12.6. The number of benzene rings is 1. The van der Waals surface area contributed by atoms with Crippen molar-refractivity contribution in [2.75, 3.05) is 0 Å². The fraction of sp³-hybridized carbons (Fsp3) is 0.167. The van der Waals surface area contributed by atoms with E-state index in [-0.39, 0.29) is 11.9 Å². The summed E-state index contributed by atoms with van der Waals surface area (Å²) in [4.78, 5) is 1.14. The van der Waals surface area contributed by atoms with Gasteiger partial charge in [-0.25, -0.2) is 4.39 Å². The summed E-state index contributed by atoms with van der Waals surface area (Å²) in [5, 5.41) is 0. The molecule has 1 nitrogen and oxygen atoms in total. The Hall–Kier alpha value is -0.230.